The molecule has 0 aliphatic rings. The lowest BCUT2D eigenvalue weighted by Crippen LogP contribution is -2.03. The summed E-state index contributed by atoms with van der Waals surface area (Å²) in [4.78, 5) is 10.7. The Hall–Kier alpha value is -1.39. The lowest BCUT2D eigenvalue weighted by molar-refractivity contribution is -0.116. The van der Waals surface area contributed by atoms with Gasteiger partial charge in [-0.25, -0.2) is 0 Å². The van der Waals surface area contributed by atoms with Crippen molar-refractivity contribution in [1.82, 2.24) is 0 Å². The van der Waals surface area contributed by atoms with Crippen molar-refractivity contribution in [2.24, 2.45) is 0 Å². The molecule has 0 heterocycles. The number of aliphatic hydroxyl groups is 2. The lowest BCUT2D eigenvalue weighted by Gasteiger charge is -2.00. The van der Waals surface area contributed by atoms with Crippen LogP contribution in [-0.4, -0.2) is 35.8 Å². The minimum atomic E-state index is -0.560. The van der Waals surface area contributed by atoms with Crippen molar-refractivity contribution in [3.63, 3.8) is 0 Å². The number of rotatable bonds is 4. The van der Waals surface area contributed by atoms with Gasteiger partial charge < -0.3 is 14.9 Å². The number of ether oxygens (including phenoxy) is 1. The van der Waals surface area contributed by atoms with Crippen LogP contribution in [0.5, 0.6) is 5.75 Å². The largest absolute Gasteiger partial charge is 0.497 e. The van der Waals surface area contributed by atoms with Crippen LogP contribution in [0.1, 0.15) is 19.4 Å². The van der Waals surface area contributed by atoms with Crippen molar-refractivity contribution >= 4 is 5.78 Å². The van der Waals surface area contributed by atoms with Crippen molar-refractivity contribution in [2.45, 2.75) is 26.4 Å². The lowest BCUT2D eigenvalue weighted by atomic mass is 10.1. The van der Waals surface area contributed by atoms with Crippen molar-refractivity contribution in [1.29, 1.82) is 0 Å². The molecule has 0 spiro atoms. The van der Waals surface area contributed by atoms with Crippen molar-refractivity contribution < 1.29 is 19.7 Å². The van der Waals surface area contributed by atoms with Crippen LogP contribution in [0.25, 0.3) is 0 Å². The average molecular weight is 240 g/mol. The number of aliphatic hydroxyl groups excluding tert-OH is 2. The molecule has 17 heavy (non-hydrogen) atoms. The zero-order valence-electron chi connectivity index (χ0n) is 10.5. The fourth-order valence-corrected chi connectivity index (χ4v) is 1.03. The maximum Gasteiger partial charge on any atom is 0.134 e. The minimum Gasteiger partial charge on any atom is -0.497 e. The molecule has 0 bridgehead atoms. The number of ketones is 1. The summed E-state index contributed by atoms with van der Waals surface area (Å²) < 4.78 is 4.99. The molecule has 0 saturated heterocycles. The first-order chi connectivity index (χ1) is 7.99. The number of carbonyl (C=O) groups is 1. The van der Waals surface area contributed by atoms with Gasteiger partial charge in [-0.15, -0.1) is 0 Å². The highest BCUT2D eigenvalue weighted by molar-refractivity contribution is 5.78. The van der Waals surface area contributed by atoms with Crippen molar-refractivity contribution in [3.8, 4) is 5.75 Å². The Morgan fingerprint density at radius 3 is 2.12 bits per heavy atom. The van der Waals surface area contributed by atoms with Gasteiger partial charge in [0.1, 0.15) is 11.5 Å². The highest BCUT2D eigenvalue weighted by Crippen LogP contribution is 2.11. The van der Waals surface area contributed by atoms with Crippen LogP contribution >= 0.6 is 0 Å². The fraction of sp³-hybridized carbons (Fsp3) is 0.462. The summed E-state index contributed by atoms with van der Waals surface area (Å²) in [5, 5.41) is 16.0. The summed E-state index contributed by atoms with van der Waals surface area (Å²) in [6, 6.07) is 7.52. The molecule has 1 atom stereocenters. The van der Waals surface area contributed by atoms with Crippen LogP contribution in [-0.2, 0) is 11.2 Å². The number of carbonyl (C=O) groups excluding carboxylic acids is 1. The molecule has 1 rings (SSSR count). The van der Waals surface area contributed by atoms with E-state index in [1.54, 1.807) is 14.0 Å². The van der Waals surface area contributed by atoms with Gasteiger partial charge in [0.15, 0.2) is 0 Å². The Labute approximate surface area is 102 Å². The van der Waals surface area contributed by atoms with E-state index in [1.165, 1.54) is 6.92 Å². The molecular formula is C13H20O4. The van der Waals surface area contributed by atoms with E-state index in [1.807, 2.05) is 24.3 Å². The Bertz CT molecular complexity index is 317. The normalized spacial score (nSPS) is 11.1. The average Bonchev–Trinajstić information content (AvgIpc) is 2.30. The first-order valence-corrected chi connectivity index (χ1v) is 5.40. The second-order valence-corrected chi connectivity index (χ2v) is 3.76. The van der Waals surface area contributed by atoms with E-state index >= 15 is 0 Å². The molecule has 4 nitrogen and oxygen atoms in total. The first kappa shape index (κ1) is 15.6. The van der Waals surface area contributed by atoms with Crippen LogP contribution in [0.15, 0.2) is 24.3 Å². The number of benzene rings is 1. The van der Waals surface area contributed by atoms with Gasteiger partial charge in [-0.2, -0.15) is 0 Å². The Morgan fingerprint density at radius 1 is 1.35 bits per heavy atom. The van der Waals surface area contributed by atoms with Gasteiger partial charge in [-0.3, -0.25) is 4.79 Å². The highest BCUT2D eigenvalue weighted by atomic mass is 16.5. The number of Topliss-reactive ketones (excluding diaryl/α,β-unsaturated/α-hetero) is 1. The molecule has 0 fully saturated rings. The summed E-state index contributed by atoms with van der Waals surface area (Å²) >= 11 is 0. The molecule has 0 radical (unpaired) electrons. The van der Waals surface area contributed by atoms with Crippen LogP contribution < -0.4 is 4.74 Å². The smallest absolute Gasteiger partial charge is 0.134 e. The van der Waals surface area contributed by atoms with Gasteiger partial charge in [0, 0.05) is 6.42 Å². The third kappa shape index (κ3) is 8.42. The van der Waals surface area contributed by atoms with E-state index in [0.717, 1.165) is 11.3 Å². The van der Waals surface area contributed by atoms with E-state index in [-0.39, 0.29) is 12.4 Å². The van der Waals surface area contributed by atoms with E-state index in [9.17, 15) is 4.79 Å². The second kappa shape index (κ2) is 8.73. The quantitative estimate of drug-likeness (QED) is 0.829. The number of hydrogen-bond donors (Lipinski definition) is 2. The number of methoxy groups -OCH3 is 1. The molecule has 0 saturated carbocycles. The molecule has 0 aliphatic heterocycles. The maximum absolute atomic E-state index is 10.7. The SMILES string of the molecule is CC(O)CO.COc1ccc(CC(C)=O)cc1. The Morgan fingerprint density at radius 2 is 1.82 bits per heavy atom. The monoisotopic (exact) mass is 240 g/mol. The van der Waals surface area contributed by atoms with E-state index < -0.39 is 6.10 Å². The molecule has 1 aromatic rings. The molecule has 2 N–H and O–H groups in total. The molecule has 96 valence electrons. The highest BCUT2D eigenvalue weighted by Gasteiger charge is 1.96. The molecule has 1 unspecified atom stereocenters. The molecular weight excluding hydrogens is 220 g/mol. The Kier molecular flexibility index (Phi) is 8.01. The summed E-state index contributed by atoms with van der Waals surface area (Å²) in [6.07, 6.45) is -0.0562. The molecule has 1 aromatic carbocycles. The molecule has 0 aromatic heterocycles. The van der Waals surface area contributed by atoms with Crippen LogP contribution in [0.4, 0.5) is 0 Å². The van der Waals surface area contributed by atoms with Crippen LogP contribution in [0, 0.1) is 0 Å². The van der Waals surface area contributed by atoms with Gasteiger partial charge in [0.2, 0.25) is 0 Å². The fourth-order valence-electron chi connectivity index (χ4n) is 1.03. The maximum atomic E-state index is 10.7. The van der Waals surface area contributed by atoms with Gasteiger partial charge in [-0.05, 0) is 31.5 Å². The zero-order chi connectivity index (χ0) is 13.3. The van der Waals surface area contributed by atoms with E-state index in [4.69, 9.17) is 14.9 Å². The standard InChI is InChI=1S/C10H12O2.C3H8O2/c1-8(11)7-9-3-5-10(12-2)6-4-9;1-3(5)2-4/h3-6H,7H2,1-2H3;3-5H,2H2,1H3. The van der Waals surface area contributed by atoms with Gasteiger partial charge >= 0.3 is 0 Å². The summed E-state index contributed by atoms with van der Waals surface area (Å²) in [6.45, 7) is 2.98. The molecule has 0 amide bonds. The topological polar surface area (TPSA) is 66.8 Å². The summed E-state index contributed by atoms with van der Waals surface area (Å²) in [5.74, 6) is 1.00. The predicted molar refractivity (Wildman–Crippen MR) is 66.1 cm³/mol. The van der Waals surface area contributed by atoms with Crippen molar-refractivity contribution in [2.75, 3.05) is 13.7 Å². The minimum absolute atomic E-state index is 0.139. The predicted octanol–water partition coefficient (Wildman–Crippen LogP) is 1.19. The summed E-state index contributed by atoms with van der Waals surface area (Å²) in [5.41, 5.74) is 1.03. The first-order valence-electron chi connectivity index (χ1n) is 5.40. The Balaban J connectivity index is 0.000000437. The van der Waals surface area contributed by atoms with Gasteiger partial charge in [0.05, 0.1) is 19.8 Å². The third-order valence-corrected chi connectivity index (χ3v) is 1.88. The molecule has 0 aliphatic carbocycles. The van der Waals surface area contributed by atoms with Crippen LogP contribution in [0.2, 0.25) is 0 Å². The number of hydrogen-bond acceptors (Lipinski definition) is 4. The van der Waals surface area contributed by atoms with E-state index in [0.29, 0.717) is 6.42 Å². The van der Waals surface area contributed by atoms with Crippen LogP contribution in [0.3, 0.4) is 0 Å². The van der Waals surface area contributed by atoms with Gasteiger partial charge in [0.25, 0.3) is 0 Å². The van der Waals surface area contributed by atoms with E-state index in [2.05, 4.69) is 0 Å². The zero-order valence-corrected chi connectivity index (χ0v) is 10.5. The van der Waals surface area contributed by atoms with Gasteiger partial charge in [-0.1, -0.05) is 12.1 Å². The summed E-state index contributed by atoms with van der Waals surface area (Å²) in [7, 11) is 1.62. The third-order valence-electron chi connectivity index (χ3n) is 1.88. The second-order valence-electron chi connectivity index (χ2n) is 3.76. The molecule has 4 heteroatoms. The van der Waals surface area contributed by atoms with Crippen molar-refractivity contribution in [3.05, 3.63) is 29.8 Å².